The summed E-state index contributed by atoms with van der Waals surface area (Å²) in [4.78, 5) is 12.1. The number of nitrogens with two attached hydrogens (primary N) is 1. The van der Waals surface area contributed by atoms with Gasteiger partial charge in [0.25, 0.3) is 0 Å². The Morgan fingerprint density at radius 2 is 2.24 bits per heavy atom. The average Bonchev–Trinajstić information content (AvgIpc) is 2.84. The van der Waals surface area contributed by atoms with Gasteiger partial charge < -0.3 is 15.8 Å². The summed E-state index contributed by atoms with van der Waals surface area (Å²) < 4.78 is 5.61. The molecule has 4 nitrogen and oxygen atoms in total. The predicted octanol–water partition coefficient (Wildman–Crippen LogP) is 3.44. The van der Waals surface area contributed by atoms with Gasteiger partial charge in [-0.3, -0.25) is 4.79 Å². The standard InChI is InChI=1S/C16H23ClN2O2/c1-10(2)9-21-15-6-5-13(8-14(15)17)19-16(20)11-3-4-12(18)7-11/h5-6,8,10-12H,3-4,7,9,18H2,1-2H3,(H,19,20). The normalized spacial score (nSPS) is 21.6. The molecule has 1 aliphatic carbocycles. The summed E-state index contributed by atoms with van der Waals surface area (Å²) >= 11 is 6.18. The number of carbonyl (C=O) groups excluding carboxylic acids is 1. The summed E-state index contributed by atoms with van der Waals surface area (Å²) in [5, 5.41) is 3.41. The molecule has 0 radical (unpaired) electrons. The molecule has 0 spiro atoms. The van der Waals surface area contributed by atoms with Gasteiger partial charge in [-0.25, -0.2) is 0 Å². The lowest BCUT2D eigenvalue weighted by Crippen LogP contribution is -2.23. The summed E-state index contributed by atoms with van der Waals surface area (Å²) in [7, 11) is 0. The Morgan fingerprint density at radius 3 is 2.81 bits per heavy atom. The molecule has 2 atom stereocenters. The highest BCUT2D eigenvalue weighted by Crippen LogP contribution is 2.30. The van der Waals surface area contributed by atoms with Gasteiger partial charge in [-0.1, -0.05) is 25.4 Å². The topological polar surface area (TPSA) is 64.3 Å². The quantitative estimate of drug-likeness (QED) is 0.875. The van der Waals surface area contributed by atoms with Gasteiger partial charge in [-0.2, -0.15) is 0 Å². The molecule has 2 rings (SSSR count). The molecule has 116 valence electrons. The van der Waals surface area contributed by atoms with Crippen LogP contribution in [0.2, 0.25) is 5.02 Å². The van der Waals surface area contributed by atoms with Crippen molar-refractivity contribution in [1.29, 1.82) is 0 Å². The zero-order valence-electron chi connectivity index (χ0n) is 12.6. The highest BCUT2D eigenvalue weighted by atomic mass is 35.5. The number of ether oxygens (including phenoxy) is 1. The van der Waals surface area contributed by atoms with Crippen LogP contribution in [-0.2, 0) is 4.79 Å². The fourth-order valence-electron chi connectivity index (χ4n) is 2.45. The van der Waals surface area contributed by atoms with E-state index in [4.69, 9.17) is 22.1 Å². The summed E-state index contributed by atoms with van der Waals surface area (Å²) in [5.74, 6) is 1.11. The Labute approximate surface area is 131 Å². The lowest BCUT2D eigenvalue weighted by Gasteiger charge is -2.13. The number of hydrogen-bond acceptors (Lipinski definition) is 3. The Hall–Kier alpha value is -1.26. The third kappa shape index (κ3) is 4.61. The van der Waals surface area contributed by atoms with Gasteiger partial charge in [0.15, 0.2) is 0 Å². The summed E-state index contributed by atoms with van der Waals surface area (Å²) in [6.45, 7) is 4.77. The van der Waals surface area contributed by atoms with Crippen LogP contribution in [-0.4, -0.2) is 18.6 Å². The Bertz CT molecular complexity index is 505. The maximum Gasteiger partial charge on any atom is 0.227 e. The molecule has 1 amide bonds. The third-order valence-electron chi connectivity index (χ3n) is 3.62. The molecule has 1 aromatic rings. The van der Waals surface area contributed by atoms with Gasteiger partial charge in [-0.15, -0.1) is 0 Å². The minimum Gasteiger partial charge on any atom is -0.492 e. The van der Waals surface area contributed by atoms with E-state index < -0.39 is 0 Å². The first-order chi connectivity index (χ1) is 9.95. The molecule has 2 unspecified atom stereocenters. The molecule has 0 aliphatic heterocycles. The van der Waals surface area contributed by atoms with Crippen LogP contribution in [0.25, 0.3) is 0 Å². The van der Waals surface area contributed by atoms with E-state index in [9.17, 15) is 4.79 Å². The van der Waals surface area contributed by atoms with Gasteiger partial charge in [0.1, 0.15) is 5.75 Å². The molecule has 5 heteroatoms. The van der Waals surface area contributed by atoms with Gasteiger partial charge in [0.05, 0.1) is 11.6 Å². The summed E-state index contributed by atoms with van der Waals surface area (Å²) in [6, 6.07) is 5.48. The lowest BCUT2D eigenvalue weighted by molar-refractivity contribution is -0.119. The van der Waals surface area contributed by atoms with Crippen molar-refractivity contribution in [2.45, 2.75) is 39.2 Å². The Kier molecular flexibility index (Phi) is 5.48. The van der Waals surface area contributed by atoms with E-state index in [2.05, 4.69) is 19.2 Å². The zero-order valence-corrected chi connectivity index (χ0v) is 13.3. The number of carbonyl (C=O) groups is 1. The van der Waals surface area contributed by atoms with E-state index in [1.165, 1.54) is 0 Å². The van der Waals surface area contributed by atoms with Crippen molar-refractivity contribution in [2.75, 3.05) is 11.9 Å². The van der Waals surface area contributed by atoms with Crippen molar-refractivity contribution in [1.82, 2.24) is 0 Å². The first-order valence-corrected chi connectivity index (χ1v) is 7.82. The van der Waals surface area contributed by atoms with Crippen LogP contribution in [0.1, 0.15) is 33.1 Å². The van der Waals surface area contributed by atoms with Crippen LogP contribution >= 0.6 is 11.6 Å². The molecule has 0 aromatic heterocycles. The van der Waals surface area contributed by atoms with E-state index in [0.29, 0.717) is 29.0 Å². The molecule has 1 aliphatic rings. The van der Waals surface area contributed by atoms with Gasteiger partial charge in [-0.05, 0) is 43.4 Å². The molecule has 1 saturated carbocycles. The molecule has 1 fully saturated rings. The minimum absolute atomic E-state index is 0.00985. The first-order valence-electron chi connectivity index (χ1n) is 7.44. The van der Waals surface area contributed by atoms with Crippen molar-refractivity contribution in [3.63, 3.8) is 0 Å². The molecule has 21 heavy (non-hydrogen) atoms. The van der Waals surface area contributed by atoms with Crippen molar-refractivity contribution in [2.24, 2.45) is 17.6 Å². The van der Waals surface area contributed by atoms with Crippen molar-refractivity contribution in [3.05, 3.63) is 23.2 Å². The zero-order chi connectivity index (χ0) is 15.4. The Morgan fingerprint density at radius 1 is 1.48 bits per heavy atom. The number of anilines is 1. The second-order valence-corrected chi connectivity index (χ2v) is 6.52. The smallest absolute Gasteiger partial charge is 0.227 e. The highest BCUT2D eigenvalue weighted by Gasteiger charge is 2.27. The fourth-order valence-corrected chi connectivity index (χ4v) is 2.69. The van der Waals surface area contributed by atoms with Crippen LogP contribution in [0.5, 0.6) is 5.75 Å². The minimum atomic E-state index is 0.00985. The second kappa shape index (κ2) is 7.14. The molecule has 3 N–H and O–H groups in total. The molecule has 0 heterocycles. The summed E-state index contributed by atoms with van der Waals surface area (Å²) in [5.41, 5.74) is 6.54. The largest absolute Gasteiger partial charge is 0.492 e. The van der Waals surface area contributed by atoms with E-state index in [1.807, 2.05) is 6.07 Å². The van der Waals surface area contributed by atoms with E-state index in [-0.39, 0.29) is 17.9 Å². The molecular weight excluding hydrogens is 288 g/mol. The maximum absolute atomic E-state index is 12.1. The number of benzene rings is 1. The number of halogens is 1. The fraction of sp³-hybridized carbons (Fsp3) is 0.562. The van der Waals surface area contributed by atoms with Crippen molar-refractivity contribution >= 4 is 23.2 Å². The monoisotopic (exact) mass is 310 g/mol. The first kappa shape index (κ1) is 16.1. The third-order valence-corrected chi connectivity index (χ3v) is 3.91. The molecule has 0 saturated heterocycles. The average molecular weight is 311 g/mol. The Balaban J connectivity index is 1.95. The van der Waals surface area contributed by atoms with Crippen LogP contribution in [0.4, 0.5) is 5.69 Å². The van der Waals surface area contributed by atoms with E-state index in [1.54, 1.807) is 12.1 Å². The van der Waals surface area contributed by atoms with Crippen molar-refractivity contribution in [3.8, 4) is 5.75 Å². The highest BCUT2D eigenvalue weighted by molar-refractivity contribution is 6.32. The SMILES string of the molecule is CC(C)COc1ccc(NC(=O)C2CCC(N)C2)cc1Cl. The maximum atomic E-state index is 12.1. The van der Waals surface area contributed by atoms with Gasteiger partial charge >= 0.3 is 0 Å². The summed E-state index contributed by atoms with van der Waals surface area (Å²) in [6.07, 6.45) is 2.53. The number of hydrogen-bond donors (Lipinski definition) is 2. The van der Waals surface area contributed by atoms with Crippen LogP contribution in [0.15, 0.2) is 18.2 Å². The number of amides is 1. The van der Waals surface area contributed by atoms with Gasteiger partial charge in [0, 0.05) is 17.6 Å². The van der Waals surface area contributed by atoms with E-state index in [0.717, 1.165) is 19.3 Å². The van der Waals surface area contributed by atoms with E-state index >= 15 is 0 Å². The van der Waals surface area contributed by atoms with Crippen LogP contribution < -0.4 is 15.8 Å². The molecular formula is C16H23ClN2O2. The number of rotatable bonds is 5. The van der Waals surface area contributed by atoms with Crippen LogP contribution in [0.3, 0.4) is 0 Å². The second-order valence-electron chi connectivity index (χ2n) is 6.11. The predicted molar refractivity (Wildman–Crippen MR) is 85.7 cm³/mol. The lowest BCUT2D eigenvalue weighted by atomic mass is 10.1. The molecule has 1 aromatic carbocycles. The molecule has 0 bridgehead atoms. The van der Waals surface area contributed by atoms with Crippen molar-refractivity contribution < 1.29 is 9.53 Å². The van der Waals surface area contributed by atoms with Crippen LogP contribution in [0, 0.1) is 11.8 Å². The van der Waals surface area contributed by atoms with Gasteiger partial charge in [0.2, 0.25) is 5.91 Å². The number of nitrogens with one attached hydrogen (secondary N) is 1.